The van der Waals surface area contributed by atoms with Crippen LogP contribution in [-0.2, 0) is 13.0 Å². The van der Waals surface area contributed by atoms with Crippen molar-refractivity contribution in [1.82, 2.24) is 15.2 Å². The SMILES string of the molecule is c1ccc(COc2cccc(Cc3ncn[nH]3)c2)cc1. The number of aromatic amines is 1. The van der Waals surface area contributed by atoms with E-state index in [1.807, 2.05) is 36.4 Å². The van der Waals surface area contributed by atoms with E-state index in [0.29, 0.717) is 6.61 Å². The third-order valence-corrected chi connectivity index (χ3v) is 2.98. The van der Waals surface area contributed by atoms with E-state index < -0.39 is 0 Å². The molecule has 0 atom stereocenters. The number of hydrogen-bond donors (Lipinski definition) is 1. The van der Waals surface area contributed by atoms with E-state index in [-0.39, 0.29) is 0 Å². The molecule has 0 aliphatic heterocycles. The van der Waals surface area contributed by atoms with Gasteiger partial charge >= 0.3 is 0 Å². The molecule has 0 amide bonds. The summed E-state index contributed by atoms with van der Waals surface area (Å²) in [5, 5.41) is 6.71. The Balaban J connectivity index is 1.65. The lowest BCUT2D eigenvalue weighted by Gasteiger charge is -2.07. The molecular formula is C16H15N3O. The van der Waals surface area contributed by atoms with Gasteiger partial charge in [-0.15, -0.1) is 0 Å². The Labute approximate surface area is 117 Å². The monoisotopic (exact) mass is 265 g/mol. The van der Waals surface area contributed by atoms with Crippen molar-refractivity contribution < 1.29 is 4.74 Å². The second kappa shape index (κ2) is 6.02. The van der Waals surface area contributed by atoms with Gasteiger partial charge in [-0.3, -0.25) is 5.10 Å². The van der Waals surface area contributed by atoms with Gasteiger partial charge in [0.15, 0.2) is 0 Å². The molecule has 3 rings (SSSR count). The van der Waals surface area contributed by atoms with E-state index >= 15 is 0 Å². The number of hydrogen-bond acceptors (Lipinski definition) is 3. The number of nitrogens with zero attached hydrogens (tertiary/aromatic N) is 2. The van der Waals surface area contributed by atoms with Crippen molar-refractivity contribution in [1.29, 1.82) is 0 Å². The van der Waals surface area contributed by atoms with Crippen molar-refractivity contribution in [3.8, 4) is 5.75 Å². The third kappa shape index (κ3) is 3.23. The van der Waals surface area contributed by atoms with Crippen LogP contribution in [0.3, 0.4) is 0 Å². The maximum Gasteiger partial charge on any atom is 0.137 e. The fourth-order valence-corrected chi connectivity index (χ4v) is 2.00. The summed E-state index contributed by atoms with van der Waals surface area (Å²) in [5.74, 6) is 1.72. The summed E-state index contributed by atoms with van der Waals surface area (Å²) < 4.78 is 5.81. The molecule has 1 aromatic heterocycles. The molecule has 0 aliphatic rings. The van der Waals surface area contributed by atoms with E-state index in [1.165, 1.54) is 6.33 Å². The molecule has 20 heavy (non-hydrogen) atoms. The minimum Gasteiger partial charge on any atom is -0.489 e. The van der Waals surface area contributed by atoms with E-state index in [0.717, 1.165) is 29.1 Å². The highest BCUT2D eigenvalue weighted by Gasteiger charge is 2.01. The van der Waals surface area contributed by atoms with Gasteiger partial charge in [-0.1, -0.05) is 42.5 Å². The van der Waals surface area contributed by atoms with E-state index in [4.69, 9.17) is 4.74 Å². The van der Waals surface area contributed by atoms with Crippen LogP contribution < -0.4 is 4.74 Å². The van der Waals surface area contributed by atoms with Gasteiger partial charge in [0.1, 0.15) is 24.5 Å². The summed E-state index contributed by atoms with van der Waals surface area (Å²) in [5.41, 5.74) is 2.31. The molecule has 1 N–H and O–H groups in total. The second-order valence-corrected chi connectivity index (χ2v) is 4.53. The molecule has 0 bridgehead atoms. The van der Waals surface area contributed by atoms with Crippen LogP contribution in [0, 0.1) is 0 Å². The smallest absolute Gasteiger partial charge is 0.137 e. The Morgan fingerprint density at radius 3 is 2.60 bits per heavy atom. The summed E-state index contributed by atoms with van der Waals surface area (Å²) in [7, 11) is 0. The standard InChI is InChI=1S/C16H15N3O/c1-2-5-13(6-3-1)11-20-15-8-4-7-14(9-15)10-16-17-12-18-19-16/h1-9,12H,10-11H2,(H,17,18,19). The van der Waals surface area contributed by atoms with Gasteiger partial charge in [0.05, 0.1) is 0 Å². The quantitative estimate of drug-likeness (QED) is 0.771. The molecule has 3 aromatic rings. The van der Waals surface area contributed by atoms with Crippen molar-refractivity contribution in [2.75, 3.05) is 0 Å². The molecular weight excluding hydrogens is 250 g/mol. The molecule has 1 heterocycles. The molecule has 4 nitrogen and oxygen atoms in total. The topological polar surface area (TPSA) is 50.8 Å². The van der Waals surface area contributed by atoms with Crippen LogP contribution in [0.1, 0.15) is 17.0 Å². The van der Waals surface area contributed by atoms with E-state index in [2.05, 4.69) is 33.4 Å². The zero-order chi connectivity index (χ0) is 13.6. The number of nitrogens with one attached hydrogen (secondary N) is 1. The van der Waals surface area contributed by atoms with Gasteiger partial charge in [-0.25, -0.2) is 4.98 Å². The summed E-state index contributed by atoms with van der Waals surface area (Å²) in [4.78, 5) is 4.13. The Bertz CT molecular complexity index is 651. The Kier molecular flexibility index (Phi) is 3.73. The zero-order valence-electron chi connectivity index (χ0n) is 11.0. The van der Waals surface area contributed by atoms with Crippen molar-refractivity contribution >= 4 is 0 Å². The Hall–Kier alpha value is -2.62. The molecule has 0 spiro atoms. The zero-order valence-corrected chi connectivity index (χ0v) is 11.0. The van der Waals surface area contributed by atoms with Crippen molar-refractivity contribution in [3.63, 3.8) is 0 Å². The summed E-state index contributed by atoms with van der Waals surface area (Å²) >= 11 is 0. The first-order valence-corrected chi connectivity index (χ1v) is 6.50. The molecule has 2 aromatic carbocycles. The van der Waals surface area contributed by atoms with Crippen molar-refractivity contribution in [2.45, 2.75) is 13.0 Å². The van der Waals surface area contributed by atoms with Gasteiger partial charge in [0.25, 0.3) is 0 Å². The van der Waals surface area contributed by atoms with Gasteiger partial charge in [-0.2, -0.15) is 5.10 Å². The van der Waals surface area contributed by atoms with Gasteiger partial charge in [0.2, 0.25) is 0 Å². The Morgan fingerprint density at radius 2 is 1.80 bits per heavy atom. The molecule has 0 saturated carbocycles. The highest BCUT2D eigenvalue weighted by molar-refractivity contribution is 5.30. The molecule has 100 valence electrons. The number of H-pyrrole nitrogens is 1. The largest absolute Gasteiger partial charge is 0.489 e. The summed E-state index contributed by atoms with van der Waals surface area (Å²) in [6.45, 7) is 0.576. The summed E-state index contributed by atoms with van der Waals surface area (Å²) in [6.07, 6.45) is 2.24. The first-order chi connectivity index (χ1) is 9.90. The molecule has 0 unspecified atom stereocenters. The first-order valence-electron chi connectivity index (χ1n) is 6.50. The first kappa shape index (κ1) is 12.4. The van der Waals surface area contributed by atoms with Crippen LogP contribution in [0.15, 0.2) is 60.9 Å². The lowest BCUT2D eigenvalue weighted by atomic mass is 10.1. The number of ether oxygens (including phenoxy) is 1. The fourth-order valence-electron chi connectivity index (χ4n) is 2.00. The highest BCUT2D eigenvalue weighted by atomic mass is 16.5. The van der Waals surface area contributed by atoms with Crippen LogP contribution in [0.4, 0.5) is 0 Å². The predicted octanol–water partition coefficient (Wildman–Crippen LogP) is 2.97. The van der Waals surface area contributed by atoms with Crippen molar-refractivity contribution in [2.24, 2.45) is 0 Å². The number of benzene rings is 2. The minimum absolute atomic E-state index is 0.576. The minimum atomic E-state index is 0.576. The molecule has 0 saturated heterocycles. The fraction of sp³-hybridized carbons (Fsp3) is 0.125. The molecule has 0 fully saturated rings. The molecule has 0 aliphatic carbocycles. The highest BCUT2D eigenvalue weighted by Crippen LogP contribution is 2.16. The van der Waals surface area contributed by atoms with Gasteiger partial charge < -0.3 is 4.74 Å². The average Bonchev–Trinajstić information content (AvgIpc) is 3.00. The Morgan fingerprint density at radius 1 is 0.950 bits per heavy atom. The van der Waals surface area contributed by atoms with Crippen LogP contribution in [0.5, 0.6) is 5.75 Å². The summed E-state index contributed by atoms with van der Waals surface area (Å²) in [6, 6.07) is 18.2. The lowest BCUT2D eigenvalue weighted by Crippen LogP contribution is -1.96. The van der Waals surface area contributed by atoms with Crippen molar-refractivity contribution in [3.05, 3.63) is 77.9 Å². The molecule has 4 heteroatoms. The van der Waals surface area contributed by atoms with Crippen LogP contribution in [-0.4, -0.2) is 15.2 Å². The maximum atomic E-state index is 5.81. The van der Waals surface area contributed by atoms with Crippen LogP contribution >= 0.6 is 0 Å². The van der Waals surface area contributed by atoms with Crippen LogP contribution in [0.25, 0.3) is 0 Å². The maximum absolute atomic E-state index is 5.81. The number of aromatic nitrogens is 3. The van der Waals surface area contributed by atoms with Gasteiger partial charge in [0, 0.05) is 6.42 Å². The average molecular weight is 265 g/mol. The van der Waals surface area contributed by atoms with Gasteiger partial charge in [-0.05, 0) is 23.3 Å². The normalized spacial score (nSPS) is 10.4. The predicted molar refractivity (Wildman–Crippen MR) is 76.4 cm³/mol. The van der Waals surface area contributed by atoms with E-state index in [9.17, 15) is 0 Å². The second-order valence-electron chi connectivity index (χ2n) is 4.53. The third-order valence-electron chi connectivity index (χ3n) is 2.98. The van der Waals surface area contributed by atoms with Crippen LogP contribution in [0.2, 0.25) is 0 Å². The molecule has 0 radical (unpaired) electrons. The number of rotatable bonds is 5. The lowest BCUT2D eigenvalue weighted by molar-refractivity contribution is 0.306. The van der Waals surface area contributed by atoms with E-state index in [1.54, 1.807) is 0 Å².